The van der Waals surface area contributed by atoms with Crippen LogP contribution in [0.5, 0.6) is 0 Å². The number of benzene rings is 2. The minimum absolute atomic E-state index is 0.0549. The fourth-order valence-corrected chi connectivity index (χ4v) is 8.13. The van der Waals surface area contributed by atoms with Crippen molar-refractivity contribution in [3.8, 4) is 6.07 Å². The molecule has 0 bridgehead atoms. The van der Waals surface area contributed by atoms with E-state index in [4.69, 9.17) is 4.74 Å². The molecule has 1 unspecified atom stereocenters. The van der Waals surface area contributed by atoms with Gasteiger partial charge in [0.1, 0.15) is 6.10 Å². The number of nitriles is 1. The molecule has 0 radical (unpaired) electrons. The van der Waals surface area contributed by atoms with Crippen LogP contribution in [0.3, 0.4) is 0 Å². The third-order valence-corrected chi connectivity index (χ3v) is 11.0. The third-order valence-electron chi connectivity index (χ3n) is 9.36. The lowest BCUT2D eigenvalue weighted by Crippen LogP contribution is -2.53. The zero-order valence-corrected chi connectivity index (χ0v) is 27.2. The highest BCUT2D eigenvalue weighted by molar-refractivity contribution is 7.91. The molecule has 11 heteroatoms. The maximum absolute atomic E-state index is 12.9. The van der Waals surface area contributed by atoms with Gasteiger partial charge in [0.15, 0.2) is 5.03 Å². The lowest BCUT2D eigenvalue weighted by molar-refractivity contribution is 0.0578. The van der Waals surface area contributed by atoms with Crippen molar-refractivity contribution < 1.29 is 17.9 Å². The van der Waals surface area contributed by atoms with E-state index in [-0.39, 0.29) is 21.9 Å². The van der Waals surface area contributed by atoms with Gasteiger partial charge in [-0.1, -0.05) is 43.7 Å². The van der Waals surface area contributed by atoms with E-state index in [0.29, 0.717) is 18.8 Å². The second-order valence-corrected chi connectivity index (χ2v) is 14.3. The van der Waals surface area contributed by atoms with Crippen LogP contribution in [0.4, 0.5) is 10.5 Å². The lowest BCUT2D eigenvalue weighted by Gasteiger charge is -2.46. The highest BCUT2D eigenvalue weighted by atomic mass is 32.2. The van der Waals surface area contributed by atoms with Crippen molar-refractivity contribution >= 4 is 21.6 Å². The minimum atomic E-state index is -3.63. The van der Waals surface area contributed by atoms with Crippen molar-refractivity contribution in [1.82, 2.24) is 20.0 Å². The number of amides is 1. The highest BCUT2D eigenvalue weighted by Crippen LogP contribution is 2.43. The molecule has 2 aliphatic rings. The lowest BCUT2D eigenvalue weighted by atomic mass is 9.64. The number of carbonyl (C=O) groups is 1. The molecule has 1 amide bonds. The fourth-order valence-electron chi connectivity index (χ4n) is 6.91. The smallest absolute Gasteiger partial charge is 0.407 e. The number of nitrogens with zero attached hydrogens (tertiary/aromatic N) is 5. The number of hydrogen-bond acceptors (Lipinski definition) is 8. The molecular weight excluding hydrogens is 588 g/mol. The number of aromatic nitrogens is 2. The number of hydrogen-bond donors (Lipinski definition) is 1. The average Bonchev–Trinajstić information content (AvgIpc) is 3.49. The average molecular weight is 633 g/mol. The second kappa shape index (κ2) is 14.0. The Hall–Kier alpha value is -3.88. The van der Waals surface area contributed by atoms with Gasteiger partial charge in [-0.05, 0) is 74.2 Å². The Bertz CT molecular complexity index is 1570. The van der Waals surface area contributed by atoms with Gasteiger partial charge in [-0.15, -0.1) is 0 Å². The van der Waals surface area contributed by atoms with Crippen LogP contribution in [0.15, 0.2) is 76.8 Å². The van der Waals surface area contributed by atoms with Gasteiger partial charge >= 0.3 is 6.09 Å². The van der Waals surface area contributed by atoms with Crippen molar-refractivity contribution in [3.05, 3.63) is 72.4 Å². The first-order valence-corrected chi connectivity index (χ1v) is 17.3. The molecule has 2 aliphatic heterocycles. The maximum atomic E-state index is 12.9. The first-order valence-electron chi connectivity index (χ1n) is 15.9. The van der Waals surface area contributed by atoms with Gasteiger partial charge < -0.3 is 19.9 Å². The standard InChI is InChI=1S/C34H44N6O4S/c1-4-8-30(44-33(41)36-2)21-34(25-35,27-9-6-5-7-10-27)28-15-19-39(20-16-28)22-26-23-40(24-26)29-11-13-31(14-12-29)45(42,43)32-17-18-38(3)37-32/h5-7,9-14,17-18,26,28,30H,4,8,15-16,19-24H2,1-3H3,(H,36,41)/t30-,34?/m1/s1. The summed E-state index contributed by atoms with van der Waals surface area (Å²) in [4.78, 5) is 17.2. The molecule has 3 aromatic rings. The first-order chi connectivity index (χ1) is 21.7. The maximum Gasteiger partial charge on any atom is 0.407 e. The molecule has 2 saturated heterocycles. The first kappa shape index (κ1) is 32.5. The summed E-state index contributed by atoms with van der Waals surface area (Å²) in [6.07, 6.45) is 4.71. The molecular formula is C34H44N6O4S. The SMILES string of the molecule is CCC[C@H](CC(C#N)(c1ccccc1)C1CCN(CC2CN(c3ccc(S(=O)(=O)c4ccn(C)n4)cc3)C2)CC1)OC(=O)NC. The molecule has 1 N–H and O–H groups in total. The summed E-state index contributed by atoms with van der Waals surface area (Å²) < 4.78 is 33.0. The summed E-state index contributed by atoms with van der Waals surface area (Å²) in [6, 6.07) is 21.4. The van der Waals surface area contributed by atoms with E-state index in [1.807, 2.05) is 42.5 Å². The summed E-state index contributed by atoms with van der Waals surface area (Å²) in [7, 11) is -0.374. The van der Waals surface area contributed by atoms with Gasteiger partial charge in [0.25, 0.3) is 0 Å². The number of carbonyl (C=O) groups excluding carboxylic acids is 1. The third kappa shape index (κ3) is 7.18. The molecule has 2 fully saturated rings. The van der Waals surface area contributed by atoms with E-state index in [0.717, 1.165) is 63.2 Å². The number of anilines is 1. The molecule has 3 heterocycles. The largest absolute Gasteiger partial charge is 0.446 e. The molecule has 45 heavy (non-hydrogen) atoms. The Balaban J connectivity index is 1.17. The van der Waals surface area contributed by atoms with E-state index in [1.165, 1.54) is 10.7 Å². The topological polar surface area (TPSA) is 121 Å². The molecule has 1 aromatic heterocycles. The van der Waals surface area contributed by atoms with Crippen LogP contribution in [-0.2, 0) is 27.0 Å². The van der Waals surface area contributed by atoms with Crippen LogP contribution in [-0.4, -0.2) is 75.1 Å². The summed E-state index contributed by atoms with van der Waals surface area (Å²) in [5.41, 5.74) is 1.29. The van der Waals surface area contributed by atoms with Gasteiger partial charge in [0, 0.05) is 58.0 Å². The Morgan fingerprint density at radius 2 is 1.80 bits per heavy atom. The van der Waals surface area contributed by atoms with Crippen LogP contribution in [0.1, 0.15) is 44.6 Å². The van der Waals surface area contributed by atoms with Crippen LogP contribution in [0.25, 0.3) is 0 Å². The van der Waals surface area contributed by atoms with Gasteiger partial charge in [0.05, 0.1) is 16.4 Å². The number of aryl methyl sites for hydroxylation is 1. The van der Waals surface area contributed by atoms with E-state index in [1.54, 1.807) is 32.4 Å². The summed E-state index contributed by atoms with van der Waals surface area (Å²) in [5, 5.41) is 17.4. The van der Waals surface area contributed by atoms with Crippen LogP contribution >= 0.6 is 0 Å². The molecule has 0 aliphatic carbocycles. The zero-order valence-electron chi connectivity index (χ0n) is 26.4. The Kier molecular flexibility index (Phi) is 10.1. The minimum Gasteiger partial charge on any atom is -0.446 e. The monoisotopic (exact) mass is 632 g/mol. The molecule has 0 saturated carbocycles. The van der Waals surface area contributed by atoms with Crippen molar-refractivity contribution in [1.29, 1.82) is 5.26 Å². The van der Waals surface area contributed by atoms with Crippen molar-refractivity contribution in [2.24, 2.45) is 18.9 Å². The number of rotatable bonds is 12. The summed E-state index contributed by atoms with van der Waals surface area (Å²) in [6.45, 7) is 6.76. The molecule has 5 rings (SSSR count). The molecule has 2 aromatic carbocycles. The van der Waals surface area contributed by atoms with Crippen LogP contribution in [0, 0.1) is 23.2 Å². The number of likely N-dealkylation sites (tertiary alicyclic amines) is 1. The highest BCUT2D eigenvalue weighted by Gasteiger charge is 2.45. The van der Waals surface area contributed by atoms with Gasteiger partial charge in [-0.25, -0.2) is 13.2 Å². The second-order valence-electron chi connectivity index (χ2n) is 12.4. The van der Waals surface area contributed by atoms with Crippen LogP contribution < -0.4 is 10.2 Å². The quantitative estimate of drug-likeness (QED) is 0.303. The predicted octanol–water partition coefficient (Wildman–Crippen LogP) is 4.78. The fraction of sp³-hybridized carbons (Fsp3) is 0.500. The van der Waals surface area contributed by atoms with Crippen molar-refractivity contribution in [2.75, 3.05) is 44.7 Å². The molecule has 240 valence electrons. The molecule has 10 nitrogen and oxygen atoms in total. The number of ether oxygens (including phenoxy) is 1. The van der Waals surface area contributed by atoms with Crippen molar-refractivity contribution in [3.63, 3.8) is 0 Å². The van der Waals surface area contributed by atoms with E-state index in [9.17, 15) is 18.5 Å². The number of nitrogens with one attached hydrogen (secondary N) is 1. The van der Waals surface area contributed by atoms with Gasteiger partial charge in [0.2, 0.25) is 9.84 Å². The van der Waals surface area contributed by atoms with Gasteiger partial charge in [-0.3, -0.25) is 4.68 Å². The molecule has 2 atom stereocenters. The van der Waals surface area contributed by atoms with Gasteiger partial charge in [-0.2, -0.15) is 10.4 Å². The van der Waals surface area contributed by atoms with Crippen LogP contribution in [0.2, 0.25) is 0 Å². The zero-order chi connectivity index (χ0) is 32.0. The predicted molar refractivity (Wildman–Crippen MR) is 173 cm³/mol. The Morgan fingerprint density at radius 1 is 1.11 bits per heavy atom. The van der Waals surface area contributed by atoms with E-state index in [2.05, 4.69) is 33.2 Å². The normalized spacial score (nSPS) is 18.4. The summed E-state index contributed by atoms with van der Waals surface area (Å²) >= 11 is 0. The molecule has 0 spiro atoms. The summed E-state index contributed by atoms with van der Waals surface area (Å²) in [5.74, 6) is 0.691. The van der Waals surface area contributed by atoms with E-state index >= 15 is 0 Å². The number of alkyl carbamates (subject to hydrolysis) is 1. The Labute approximate surface area is 266 Å². The van der Waals surface area contributed by atoms with Crippen molar-refractivity contribution in [2.45, 2.75) is 60.5 Å². The van der Waals surface area contributed by atoms with E-state index < -0.39 is 21.3 Å². The Morgan fingerprint density at radius 3 is 2.38 bits per heavy atom. The number of piperidine rings is 1. The number of sulfone groups is 1.